The Balaban J connectivity index is 3.17. The third-order valence-electron chi connectivity index (χ3n) is 1.60. The van der Waals surface area contributed by atoms with Gasteiger partial charge in [0, 0.05) is 10.6 Å². The van der Waals surface area contributed by atoms with Crippen molar-refractivity contribution in [2.75, 3.05) is 7.11 Å². The molecular formula is C8H7Cl3N2O2. The zero-order valence-electron chi connectivity index (χ0n) is 7.71. The number of aromatic nitrogens is 2. The maximum absolute atomic E-state index is 11.7. The highest BCUT2D eigenvalue weighted by atomic mass is 35.5. The minimum Gasteiger partial charge on any atom is -0.489 e. The molecule has 0 aliphatic heterocycles. The van der Waals surface area contributed by atoms with E-state index in [0.717, 1.165) is 0 Å². The van der Waals surface area contributed by atoms with Crippen LogP contribution in [0.5, 0.6) is 5.75 Å². The molecule has 0 aromatic carbocycles. The van der Waals surface area contributed by atoms with Crippen molar-refractivity contribution in [3.05, 3.63) is 32.4 Å². The highest BCUT2D eigenvalue weighted by molar-refractivity contribution is 6.36. The maximum atomic E-state index is 11.7. The molecule has 0 N–H and O–H groups in total. The molecule has 0 bridgehead atoms. The van der Waals surface area contributed by atoms with E-state index in [1.807, 2.05) is 0 Å². The Labute approximate surface area is 101 Å². The van der Waals surface area contributed by atoms with Gasteiger partial charge < -0.3 is 4.74 Å². The highest BCUT2D eigenvalue weighted by Crippen LogP contribution is 2.15. The van der Waals surface area contributed by atoms with Crippen molar-refractivity contribution < 1.29 is 4.74 Å². The molecule has 1 aromatic rings. The predicted octanol–water partition coefficient (Wildman–Crippen LogP) is 2.22. The predicted molar refractivity (Wildman–Crippen MR) is 59.8 cm³/mol. The Morgan fingerprint density at radius 1 is 1.73 bits per heavy atom. The Bertz CT molecular complexity index is 442. The summed E-state index contributed by atoms with van der Waals surface area (Å²) in [5.74, 6) is -0.0156. The van der Waals surface area contributed by atoms with Gasteiger partial charge in [0.25, 0.3) is 5.56 Å². The van der Waals surface area contributed by atoms with Crippen molar-refractivity contribution in [2.24, 2.45) is 0 Å². The second kappa shape index (κ2) is 5.39. The zero-order chi connectivity index (χ0) is 11.4. The first-order valence-corrected chi connectivity index (χ1v) is 5.03. The summed E-state index contributed by atoms with van der Waals surface area (Å²) >= 11 is 16.7. The first-order valence-electron chi connectivity index (χ1n) is 3.83. The van der Waals surface area contributed by atoms with Gasteiger partial charge in [-0.15, -0.1) is 0 Å². The number of hydrogen-bond donors (Lipinski definition) is 0. The molecule has 0 fully saturated rings. The lowest BCUT2D eigenvalue weighted by atomic mass is 10.5. The van der Waals surface area contributed by atoms with Crippen LogP contribution in [0, 0.1) is 0 Å². The molecule has 0 radical (unpaired) electrons. The first-order chi connectivity index (χ1) is 7.10. The molecule has 1 rings (SSSR count). The van der Waals surface area contributed by atoms with Crippen molar-refractivity contribution in [1.82, 2.24) is 9.55 Å². The lowest BCUT2D eigenvalue weighted by Crippen LogP contribution is -2.22. The van der Waals surface area contributed by atoms with Crippen LogP contribution in [0.2, 0.25) is 5.15 Å². The summed E-state index contributed by atoms with van der Waals surface area (Å²) < 4.78 is 6.05. The third-order valence-corrected chi connectivity index (χ3v) is 2.47. The van der Waals surface area contributed by atoms with Crippen LogP contribution in [0.25, 0.3) is 0 Å². The van der Waals surface area contributed by atoms with Gasteiger partial charge in [-0.1, -0.05) is 34.8 Å². The Morgan fingerprint density at radius 2 is 2.40 bits per heavy atom. The summed E-state index contributed by atoms with van der Waals surface area (Å²) in [5.41, 5.74) is 0.767. The van der Waals surface area contributed by atoms with E-state index in [-0.39, 0.29) is 17.4 Å². The first kappa shape index (κ1) is 12.4. The van der Waals surface area contributed by atoms with Crippen molar-refractivity contribution in [3.63, 3.8) is 0 Å². The summed E-state index contributed by atoms with van der Waals surface area (Å²) in [6.07, 6.45) is 1.27. The van der Waals surface area contributed by atoms with E-state index in [1.165, 1.54) is 23.5 Å². The quantitative estimate of drug-likeness (QED) is 0.790. The molecule has 7 heteroatoms. The van der Waals surface area contributed by atoms with Crippen LogP contribution in [0.15, 0.2) is 21.7 Å². The van der Waals surface area contributed by atoms with Gasteiger partial charge in [-0.2, -0.15) is 0 Å². The molecule has 1 heterocycles. The van der Waals surface area contributed by atoms with Crippen LogP contribution in [-0.2, 0) is 6.54 Å². The number of nitrogens with zero attached hydrogens (tertiary/aromatic N) is 2. The Kier molecular flexibility index (Phi) is 4.45. The molecule has 1 aromatic heterocycles. The third kappa shape index (κ3) is 2.87. The molecule has 0 saturated carbocycles. The standard InChI is InChI=1S/C8H7Cl3N2O2/c1-15-6-7(11)12-4-13(8(6)14)3-5(10)2-9/h2,4H,3H2,1H3. The normalized spacial score (nSPS) is 11.6. The van der Waals surface area contributed by atoms with E-state index in [1.54, 1.807) is 0 Å². The topological polar surface area (TPSA) is 44.1 Å². The number of hydrogen-bond acceptors (Lipinski definition) is 3. The van der Waals surface area contributed by atoms with Crippen LogP contribution in [0.1, 0.15) is 0 Å². The molecule has 0 atom stereocenters. The van der Waals surface area contributed by atoms with Crippen LogP contribution >= 0.6 is 34.8 Å². The SMILES string of the molecule is COc1c(Cl)ncn(CC(Cl)=CCl)c1=O. The number of rotatable bonds is 3. The van der Waals surface area contributed by atoms with Crippen molar-refractivity contribution in [3.8, 4) is 5.75 Å². The van der Waals surface area contributed by atoms with Gasteiger partial charge in [0.1, 0.15) is 0 Å². The Hall–Kier alpha value is -0.710. The fourth-order valence-corrected chi connectivity index (χ4v) is 1.33. The number of allylic oxidation sites excluding steroid dienone is 1. The minimum atomic E-state index is -0.408. The summed E-state index contributed by atoms with van der Waals surface area (Å²) in [6.45, 7) is 0.129. The molecule has 0 spiro atoms. The van der Waals surface area contributed by atoms with Gasteiger partial charge in [-0.3, -0.25) is 9.36 Å². The molecule has 0 aliphatic rings. The molecule has 4 nitrogen and oxygen atoms in total. The summed E-state index contributed by atoms with van der Waals surface area (Å²) in [4.78, 5) is 15.4. The second-order valence-corrected chi connectivity index (χ2v) is 3.62. The largest absolute Gasteiger partial charge is 0.489 e. The molecule has 0 amide bonds. The van der Waals surface area contributed by atoms with Gasteiger partial charge >= 0.3 is 0 Å². The van der Waals surface area contributed by atoms with E-state index >= 15 is 0 Å². The van der Waals surface area contributed by atoms with E-state index < -0.39 is 5.56 Å². The van der Waals surface area contributed by atoms with Crippen molar-refractivity contribution in [2.45, 2.75) is 6.54 Å². The lowest BCUT2D eigenvalue weighted by molar-refractivity contribution is 0.401. The van der Waals surface area contributed by atoms with Gasteiger partial charge in [0.2, 0.25) is 5.75 Å². The number of ether oxygens (including phenoxy) is 1. The maximum Gasteiger partial charge on any atom is 0.297 e. The smallest absolute Gasteiger partial charge is 0.297 e. The number of halogens is 3. The van der Waals surface area contributed by atoms with Gasteiger partial charge in [-0.05, 0) is 0 Å². The fraction of sp³-hybridized carbons (Fsp3) is 0.250. The van der Waals surface area contributed by atoms with Crippen LogP contribution in [-0.4, -0.2) is 16.7 Å². The van der Waals surface area contributed by atoms with E-state index in [0.29, 0.717) is 5.03 Å². The van der Waals surface area contributed by atoms with Crippen molar-refractivity contribution in [1.29, 1.82) is 0 Å². The molecule has 0 aliphatic carbocycles. The van der Waals surface area contributed by atoms with Crippen LogP contribution < -0.4 is 10.3 Å². The van der Waals surface area contributed by atoms with Crippen LogP contribution in [0.3, 0.4) is 0 Å². The molecular weight excluding hydrogens is 262 g/mol. The lowest BCUT2D eigenvalue weighted by Gasteiger charge is -2.06. The van der Waals surface area contributed by atoms with Gasteiger partial charge in [-0.25, -0.2) is 4.98 Å². The highest BCUT2D eigenvalue weighted by Gasteiger charge is 2.10. The monoisotopic (exact) mass is 268 g/mol. The molecule has 82 valence electrons. The molecule has 0 saturated heterocycles. The number of methoxy groups -OCH3 is 1. The molecule has 15 heavy (non-hydrogen) atoms. The van der Waals surface area contributed by atoms with Gasteiger partial charge in [0.05, 0.1) is 20.0 Å². The average molecular weight is 270 g/mol. The van der Waals surface area contributed by atoms with E-state index in [4.69, 9.17) is 39.5 Å². The summed E-state index contributed by atoms with van der Waals surface area (Å²) in [6, 6.07) is 0. The van der Waals surface area contributed by atoms with Crippen molar-refractivity contribution >= 4 is 34.8 Å². The minimum absolute atomic E-state index is 0.0156. The van der Waals surface area contributed by atoms with E-state index in [2.05, 4.69) is 4.98 Å². The Morgan fingerprint density at radius 3 is 2.93 bits per heavy atom. The average Bonchev–Trinajstić information content (AvgIpc) is 2.23. The summed E-state index contributed by atoms with van der Waals surface area (Å²) in [7, 11) is 1.34. The zero-order valence-corrected chi connectivity index (χ0v) is 9.97. The summed E-state index contributed by atoms with van der Waals surface area (Å²) in [5, 5.41) is 0.328. The van der Waals surface area contributed by atoms with Gasteiger partial charge in [0.15, 0.2) is 5.15 Å². The fourth-order valence-electron chi connectivity index (χ4n) is 0.932. The second-order valence-electron chi connectivity index (χ2n) is 2.56. The van der Waals surface area contributed by atoms with Crippen LogP contribution in [0.4, 0.5) is 0 Å². The molecule has 0 unspecified atom stereocenters. The van der Waals surface area contributed by atoms with E-state index in [9.17, 15) is 4.79 Å².